The van der Waals surface area contributed by atoms with Gasteiger partial charge in [-0.3, -0.25) is 4.79 Å². The summed E-state index contributed by atoms with van der Waals surface area (Å²) in [7, 11) is 0. The minimum atomic E-state index is -1.21. The van der Waals surface area contributed by atoms with Crippen molar-refractivity contribution in [2.24, 2.45) is 0 Å². The second-order valence-corrected chi connectivity index (χ2v) is 9.68. The number of aliphatic carboxylic acids is 1. The smallest absolute Gasteiger partial charge is 0.341 e. The molecule has 1 heterocycles. The quantitative estimate of drug-likeness (QED) is 0.368. The van der Waals surface area contributed by atoms with Crippen LogP contribution in [0.15, 0.2) is 66.9 Å². The van der Waals surface area contributed by atoms with E-state index in [4.69, 9.17) is 26.2 Å². The lowest BCUT2D eigenvalue weighted by molar-refractivity contribution is -0.139. The molecular weight excluding hydrogens is 480 g/mol. The van der Waals surface area contributed by atoms with E-state index >= 15 is 0 Å². The molecule has 0 fully saturated rings. The van der Waals surface area contributed by atoms with Crippen LogP contribution in [0, 0.1) is 6.92 Å². The van der Waals surface area contributed by atoms with Crippen molar-refractivity contribution in [1.82, 2.24) is 10.3 Å². The number of pyridine rings is 1. The molecule has 0 aliphatic rings. The third-order valence-corrected chi connectivity index (χ3v) is 6.03. The Morgan fingerprint density at radius 1 is 1.11 bits per heavy atom. The van der Waals surface area contributed by atoms with Crippen LogP contribution >= 0.6 is 11.6 Å². The number of carbonyl (C=O) groups is 2. The van der Waals surface area contributed by atoms with Crippen LogP contribution in [0.3, 0.4) is 0 Å². The largest absolute Gasteiger partial charge is 0.480 e. The number of aryl methyl sites for hydroxylation is 1. The van der Waals surface area contributed by atoms with Crippen LogP contribution < -0.4 is 14.8 Å². The lowest BCUT2D eigenvalue weighted by Gasteiger charge is -2.31. The Balaban J connectivity index is 1.71. The summed E-state index contributed by atoms with van der Waals surface area (Å²) in [5.74, 6) is -0.820. The molecule has 3 aromatic rings. The van der Waals surface area contributed by atoms with Crippen molar-refractivity contribution in [2.75, 3.05) is 6.61 Å². The number of benzene rings is 2. The Bertz CT molecular complexity index is 1180. The lowest BCUT2D eigenvalue weighted by atomic mass is 9.85. The molecule has 0 saturated heterocycles. The Morgan fingerprint density at radius 3 is 2.44 bits per heavy atom. The zero-order valence-corrected chi connectivity index (χ0v) is 21.6. The molecule has 0 radical (unpaired) electrons. The van der Waals surface area contributed by atoms with E-state index in [2.05, 4.69) is 22.4 Å². The minimum Gasteiger partial charge on any atom is -0.480 e. The van der Waals surface area contributed by atoms with Crippen LogP contribution in [0.4, 0.5) is 0 Å². The monoisotopic (exact) mass is 510 g/mol. The number of nitrogens with one attached hydrogen (secondary N) is 1. The van der Waals surface area contributed by atoms with Gasteiger partial charge in [0.2, 0.25) is 5.88 Å². The molecule has 0 aliphatic heterocycles. The zero-order valence-electron chi connectivity index (χ0n) is 20.8. The molecule has 2 aromatic carbocycles. The second kappa shape index (κ2) is 11.9. The SMILES string of the molecule is Cc1cccc(C(Cc2ccc(Cl)cc2)C(C)NC(=O)C(C)(C)Oc2ccc(OCC(=O)O)cn2)c1. The van der Waals surface area contributed by atoms with Crippen LogP contribution in [-0.2, 0) is 16.0 Å². The van der Waals surface area contributed by atoms with Crippen LogP contribution in [0.1, 0.15) is 43.4 Å². The number of carbonyl (C=O) groups excluding carboxylic acids is 1. The average molecular weight is 511 g/mol. The standard InChI is InChI=1S/C28H31ClN2O5/c1-18-6-5-7-21(14-18)24(15-20-8-10-22(29)11-9-20)19(2)31-27(34)28(3,4)36-25-13-12-23(16-30-25)35-17-26(32)33/h5-14,16,19,24H,15,17H2,1-4H3,(H,31,34)(H,32,33). The predicted molar refractivity (Wildman–Crippen MR) is 139 cm³/mol. The number of rotatable bonds is 11. The number of hydrogen-bond donors (Lipinski definition) is 2. The first-order chi connectivity index (χ1) is 17.0. The van der Waals surface area contributed by atoms with E-state index in [1.807, 2.05) is 50.2 Å². The van der Waals surface area contributed by atoms with Gasteiger partial charge in [-0.05, 0) is 63.4 Å². The lowest BCUT2D eigenvalue weighted by Crippen LogP contribution is -2.51. The number of halogens is 1. The second-order valence-electron chi connectivity index (χ2n) is 9.24. The molecule has 2 unspecified atom stereocenters. The fourth-order valence-electron chi connectivity index (χ4n) is 3.80. The summed E-state index contributed by atoms with van der Waals surface area (Å²) in [6.07, 6.45) is 2.08. The molecule has 1 aromatic heterocycles. The summed E-state index contributed by atoms with van der Waals surface area (Å²) in [6, 6.07) is 18.9. The van der Waals surface area contributed by atoms with Crippen molar-refractivity contribution in [1.29, 1.82) is 0 Å². The molecule has 190 valence electrons. The van der Waals surface area contributed by atoms with Gasteiger partial charge in [-0.15, -0.1) is 0 Å². The molecule has 8 heteroatoms. The van der Waals surface area contributed by atoms with Gasteiger partial charge >= 0.3 is 5.97 Å². The first-order valence-corrected chi connectivity index (χ1v) is 12.0. The molecule has 2 N–H and O–H groups in total. The third kappa shape index (κ3) is 7.71. The van der Waals surface area contributed by atoms with Gasteiger partial charge in [0, 0.05) is 23.0 Å². The van der Waals surface area contributed by atoms with Gasteiger partial charge in [-0.25, -0.2) is 9.78 Å². The summed E-state index contributed by atoms with van der Waals surface area (Å²) < 4.78 is 11.0. The molecule has 36 heavy (non-hydrogen) atoms. The maximum Gasteiger partial charge on any atom is 0.341 e. The Hall–Kier alpha value is -3.58. The Kier molecular flexibility index (Phi) is 8.93. The van der Waals surface area contributed by atoms with Gasteiger partial charge < -0.3 is 19.9 Å². The van der Waals surface area contributed by atoms with Gasteiger partial charge in [0.1, 0.15) is 5.75 Å². The van der Waals surface area contributed by atoms with Gasteiger partial charge in [0.05, 0.1) is 6.20 Å². The highest BCUT2D eigenvalue weighted by atomic mass is 35.5. The van der Waals surface area contributed by atoms with Crippen molar-refractivity contribution in [3.63, 3.8) is 0 Å². The summed E-state index contributed by atoms with van der Waals surface area (Å²) in [5, 5.41) is 12.5. The first-order valence-electron chi connectivity index (χ1n) is 11.6. The van der Waals surface area contributed by atoms with Gasteiger partial charge in [0.25, 0.3) is 5.91 Å². The number of carboxylic acids is 1. The predicted octanol–water partition coefficient (Wildman–Crippen LogP) is 5.20. The normalized spacial score (nSPS) is 12.9. The van der Waals surface area contributed by atoms with E-state index in [0.717, 1.165) is 23.1 Å². The zero-order chi connectivity index (χ0) is 26.3. The molecule has 0 saturated carbocycles. The summed E-state index contributed by atoms with van der Waals surface area (Å²) in [4.78, 5) is 28.0. The van der Waals surface area contributed by atoms with Gasteiger partial charge in [-0.1, -0.05) is 53.6 Å². The number of carboxylic acid groups (broad SMARTS) is 1. The molecule has 7 nitrogen and oxygen atoms in total. The summed E-state index contributed by atoms with van der Waals surface area (Å²) >= 11 is 6.06. The van der Waals surface area contributed by atoms with Crippen molar-refractivity contribution >= 4 is 23.5 Å². The van der Waals surface area contributed by atoms with Crippen LogP contribution in [0.5, 0.6) is 11.6 Å². The number of nitrogens with zero attached hydrogens (tertiary/aromatic N) is 1. The maximum absolute atomic E-state index is 13.3. The van der Waals surface area contributed by atoms with E-state index in [1.165, 1.54) is 12.3 Å². The molecule has 2 atom stereocenters. The number of hydrogen-bond acceptors (Lipinski definition) is 5. The van der Waals surface area contributed by atoms with Crippen LogP contribution in [0.25, 0.3) is 0 Å². The summed E-state index contributed by atoms with van der Waals surface area (Å²) in [5.41, 5.74) is 2.20. The van der Waals surface area contributed by atoms with E-state index in [0.29, 0.717) is 10.8 Å². The van der Waals surface area contributed by atoms with E-state index in [1.54, 1.807) is 19.9 Å². The van der Waals surface area contributed by atoms with Crippen molar-refractivity contribution in [3.8, 4) is 11.6 Å². The third-order valence-electron chi connectivity index (χ3n) is 5.78. The average Bonchev–Trinajstić information content (AvgIpc) is 2.83. The van der Waals surface area contributed by atoms with E-state index < -0.39 is 18.2 Å². The number of ether oxygens (including phenoxy) is 2. The van der Waals surface area contributed by atoms with Crippen molar-refractivity contribution in [3.05, 3.63) is 88.6 Å². The fraction of sp³-hybridized carbons (Fsp3) is 0.321. The highest BCUT2D eigenvalue weighted by Gasteiger charge is 2.33. The topological polar surface area (TPSA) is 97.8 Å². The highest BCUT2D eigenvalue weighted by molar-refractivity contribution is 6.30. The molecular formula is C28H31ClN2O5. The van der Waals surface area contributed by atoms with E-state index in [9.17, 15) is 9.59 Å². The maximum atomic E-state index is 13.3. The molecule has 1 amide bonds. The molecule has 3 rings (SSSR count). The molecule has 0 aliphatic carbocycles. The fourth-order valence-corrected chi connectivity index (χ4v) is 3.93. The van der Waals surface area contributed by atoms with E-state index in [-0.39, 0.29) is 23.7 Å². The van der Waals surface area contributed by atoms with Gasteiger partial charge in [0.15, 0.2) is 12.2 Å². The Morgan fingerprint density at radius 2 is 1.83 bits per heavy atom. The molecule has 0 spiro atoms. The first kappa shape index (κ1) is 27.0. The number of amides is 1. The van der Waals surface area contributed by atoms with Crippen molar-refractivity contribution in [2.45, 2.75) is 51.7 Å². The van der Waals surface area contributed by atoms with Crippen LogP contribution in [0.2, 0.25) is 5.02 Å². The highest BCUT2D eigenvalue weighted by Crippen LogP contribution is 2.27. The minimum absolute atomic E-state index is 0.0228. The molecule has 0 bridgehead atoms. The summed E-state index contributed by atoms with van der Waals surface area (Å²) in [6.45, 7) is 6.92. The Labute approximate surface area is 216 Å². The number of aromatic nitrogens is 1. The van der Waals surface area contributed by atoms with Crippen molar-refractivity contribution < 1.29 is 24.2 Å². The van der Waals surface area contributed by atoms with Crippen LogP contribution in [-0.4, -0.2) is 40.2 Å². The van der Waals surface area contributed by atoms with Gasteiger partial charge in [-0.2, -0.15) is 0 Å².